The van der Waals surface area contributed by atoms with Gasteiger partial charge in [-0.05, 0) is 25.5 Å². The summed E-state index contributed by atoms with van der Waals surface area (Å²) >= 11 is 0. The van der Waals surface area contributed by atoms with Crippen molar-refractivity contribution in [3.05, 3.63) is 17.5 Å². The number of nitrogens with one attached hydrogen (secondary N) is 1. The van der Waals surface area contributed by atoms with Gasteiger partial charge >= 0.3 is 5.97 Å². The van der Waals surface area contributed by atoms with Crippen LogP contribution in [0.4, 0.5) is 0 Å². The van der Waals surface area contributed by atoms with Crippen molar-refractivity contribution in [2.45, 2.75) is 25.3 Å². The molecule has 0 aromatic carbocycles. The normalized spacial score (nSPS) is 20.8. The van der Waals surface area contributed by atoms with E-state index in [4.69, 9.17) is 4.74 Å². The summed E-state index contributed by atoms with van der Waals surface area (Å²) in [4.78, 5) is 11.4. The highest BCUT2D eigenvalue weighted by molar-refractivity contribution is 5.87. The van der Waals surface area contributed by atoms with Gasteiger partial charge in [0.2, 0.25) is 0 Å². The summed E-state index contributed by atoms with van der Waals surface area (Å²) in [6.45, 7) is 1.02. The average Bonchev–Trinajstić information content (AvgIpc) is 2.71. The first-order valence-electron chi connectivity index (χ1n) is 5.58. The van der Waals surface area contributed by atoms with Gasteiger partial charge in [-0.1, -0.05) is 6.42 Å². The van der Waals surface area contributed by atoms with Crippen molar-refractivity contribution in [3.8, 4) is 0 Å². The number of ether oxygens (including phenoxy) is 1. The predicted octanol–water partition coefficient (Wildman–Crippen LogP) is 1.02. The topological polar surface area (TPSA) is 56.1 Å². The van der Waals surface area contributed by atoms with Crippen molar-refractivity contribution in [3.63, 3.8) is 0 Å². The summed E-state index contributed by atoms with van der Waals surface area (Å²) in [6.07, 6.45) is 3.51. The number of methoxy groups -OCH3 is 1. The molecule has 0 unspecified atom stereocenters. The summed E-state index contributed by atoms with van der Waals surface area (Å²) in [5.41, 5.74) is 1.44. The Morgan fingerprint density at radius 2 is 2.44 bits per heavy atom. The Kier molecular flexibility index (Phi) is 3.24. The zero-order valence-corrected chi connectivity index (χ0v) is 9.69. The molecule has 5 nitrogen and oxygen atoms in total. The fourth-order valence-electron chi connectivity index (χ4n) is 2.06. The molecule has 0 radical (unpaired) electrons. The van der Waals surface area contributed by atoms with Gasteiger partial charge in [0.15, 0.2) is 0 Å². The van der Waals surface area contributed by atoms with Crippen LogP contribution in [0.1, 0.15) is 41.5 Å². The summed E-state index contributed by atoms with van der Waals surface area (Å²) < 4.78 is 6.28. The Hall–Kier alpha value is -1.36. The maximum absolute atomic E-state index is 11.4. The van der Waals surface area contributed by atoms with Gasteiger partial charge in [0, 0.05) is 7.05 Å². The first-order chi connectivity index (χ1) is 7.72. The van der Waals surface area contributed by atoms with Crippen LogP contribution in [0.15, 0.2) is 6.07 Å². The minimum atomic E-state index is -0.336. The van der Waals surface area contributed by atoms with Crippen LogP contribution >= 0.6 is 0 Å². The van der Waals surface area contributed by atoms with E-state index in [1.165, 1.54) is 20.0 Å². The van der Waals surface area contributed by atoms with Crippen LogP contribution in [-0.2, 0) is 11.8 Å². The standard InChI is InChI=1S/C11H17N3O2/c1-14-10(11(15)16-2)7-9(13-14)8-5-3-4-6-12-8/h7-8,12H,3-6H2,1-2H3/t8-/m1/s1. The van der Waals surface area contributed by atoms with E-state index in [-0.39, 0.29) is 12.0 Å². The molecular formula is C11H17N3O2. The van der Waals surface area contributed by atoms with Crippen LogP contribution in [0, 0.1) is 0 Å². The number of aromatic nitrogens is 2. The van der Waals surface area contributed by atoms with Crippen LogP contribution in [-0.4, -0.2) is 29.4 Å². The fraction of sp³-hybridized carbons (Fsp3) is 0.636. The Morgan fingerprint density at radius 3 is 3.06 bits per heavy atom. The molecule has 1 saturated heterocycles. The zero-order chi connectivity index (χ0) is 11.5. The summed E-state index contributed by atoms with van der Waals surface area (Å²) in [6, 6.07) is 2.09. The molecule has 2 rings (SSSR count). The zero-order valence-electron chi connectivity index (χ0n) is 9.69. The lowest BCUT2D eigenvalue weighted by atomic mass is 10.0. The molecule has 88 valence electrons. The number of nitrogens with zero attached hydrogens (tertiary/aromatic N) is 2. The lowest BCUT2D eigenvalue weighted by molar-refractivity contribution is 0.0588. The van der Waals surface area contributed by atoms with E-state index in [1.54, 1.807) is 11.7 Å². The van der Waals surface area contributed by atoms with E-state index in [1.807, 2.05) is 6.07 Å². The van der Waals surface area contributed by atoms with Crippen molar-refractivity contribution in [1.29, 1.82) is 0 Å². The van der Waals surface area contributed by atoms with E-state index >= 15 is 0 Å². The second-order valence-corrected chi connectivity index (χ2v) is 4.07. The molecule has 0 saturated carbocycles. The molecule has 1 fully saturated rings. The van der Waals surface area contributed by atoms with Gasteiger partial charge in [-0.2, -0.15) is 5.10 Å². The third-order valence-electron chi connectivity index (χ3n) is 2.96. The number of rotatable bonds is 2. The summed E-state index contributed by atoms with van der Waals surface area (Å²) in [5, 5.41) is 7.76. The quantitative estimate of drug-likeness (QED) is 0.761. The van der Waals surface area contributed by atoms with Crippen LogP contribution < -0.4 is 5.32 Å². The molecular weight excluding hydrogens is 206 g/mol. The summed E-state index contributed by atoms with van der Waals surface area (Å²) in [7, 11) is 3.15. The number of hydrogen-bond acceptors (Lipinski definition) is 4. The Morgan fingerprint density at radius 1 is 1.62 bits per heavy atom. The van der Waals surface area contributed by atoms with Gasteiger partial charge in [-0.3, -0.25) is 4.68 Å². The average molecular weight is 223 g/mol. The van der Waals surface area contributed by atoms with Crippen LogP contribution in [0.25, 0.3) is 0 Å². The van der Waals surface area contributed by atoms with Crippen molar-refractivity contribution >= 4 is 5.97 Å². The SMILES string of the molecule is COC(=O)c1cc([C@H]2CCCCN2)nn1C. The van der Waals surface area contributed by atoms with Gasteiger partial charge in [0.05, 0.1) is 18.8 Å². The van der Waals surface area contributed by atoms with Crippen LogP contribution in [0.5, 0.6) is 0 Å². The molecule has 0 spiro atoms. The minimum Gasteiger partial charge on any atom is -0.464 e. The Bertz CT molecular complexity index is 381. The third-order valence-corrected chi connectivity index (χ3v) is 2.96. The fourth-order valence-corrected chi connectivity index (χ4v) is 2.06. The van der Waals surface area contributed by atoms with E-state index < -0.39 is 0 Å². The molecule has 1 atom stereocenters. The smallest absolute Gasteiger partial charge is 0.356 e. The highest BCUT2D eigenvalue weighted by Crippen LogP contribution is 2.22. The van der Waals surface area contributed by atoms with E-state index in [2.05, 4.69) is 10.4 Å². The number of aryl methyl sites for hydroxylation is 1. The Balaban J connectivity index is 2.19. The first-order valence-corrected chi connectivity index (χ1v) is 5.58. The molecule has 5 heteroatoms. The number of carbonyl (C=O) groups excluding carboxylic acids is 1. The molecule has 0 aliphatic carbocycles. The van der Waals surface area contributed by atoms with Gasteiger partial charge in [0.1, 0.15) is 5.69 Å². The molecule has 1 aliphatic rings. The number of carbonyl (C=O) groups is 1. The summed E-state index contributed by atoms with van der Waals surface area (Å²) in [5.74, 6) is -0.336. The second-order valence-electron chi connectivity index (χ2n) is 4.07. The van der Waals surface area contributed by atoms with Crippen molar-refractivity contribution in [1.82, 2.24) is 15.1 Å². The highest BCUT2D eigenvalue weighted by Gasteiger charge is 2.21. The van der Waals surface area contributed by atoms with E-state index in [9.17, 15) is 4.79 Å². The number of esters is 1. The lowest BCUT2D eigenvalue weighted by Gasteiger charge is -2.21. The predicted molar refractivity (Wildman–Crippen MR) is 59.1 cm³/mol. The molecule has 16 heavy (non-hydrogen) atoms. The van der Waals surface area contributed by atoms with Gasteiger partial charge in [0.25, 0.3) is 0 Å². The van der Waals surface area contributed by atoms with Crippen molar-refractivity contribution in [2.75, 3.05) is 13.7 Å². The molecule has 0 bridgehead atoms. The van der Waals surface area contributed by atoms with Crippen molar-refractivity contribution < 1.29 is 9.53 Å². The molecule has 1 aliphatic heterocycles. The molecule has 1 N–H and O–H groups in total. The van der Waals surface area contributed by atoms with E-state index in [0.717, 1.165) is 18.7 Å². The Labute approximate surface area is 94.8 Å². The van der Waals surface area contributed by atoms with Gasteiger partial charge in [-0.15, -0.1) is 0 Å². The van der Waals surface area contributed by atoms with Crippen LogP contribution in [0.2, 0.25) is 0 Å². The van der Waals surface area contributed by atoms with Gasteiger partial charge in [-0.25, -0.2) is 4.79 Å². The lowest BCUT2D eigenvalue weighted by Crippen LogP contribution is -2.27. The molecule has 1 aromatic rings. The maximum Gasteiger partial charge on any atom is 0.356 e. The molecule has 2 heterocycles. The highest BCUT2D eigenvalue weighted by atomic mass is 16.5. The maximum atomic E-state index is 11.4. The number of piperidine rings is 1. The molecule has 1 aromatic heterocycles. The largest absolute Gasteiger partial charge is 0.464 e. The third kappa shape index (κ3) is 2.09. The van der Waals surface area contributed by atoms with Crippen molar-refractivity contribution in [2.24, 2.45) is 7.05 Å². The van der Waals surface area contributed by atoms with E-state index in [0.29, 0.717) is 5.69 Å². The van der Waals surface area contributed by atoms with Gasteiger partial charge < -0.3 is 10.1 Å². The molecule has 0 amide bonds. The second kappa shape index (κ2) is 4.65. The van der Waals surface area contributed by atoms with Crippen LogP contribution in [0.3, 0.4) is 0 Å². The number of hydrogen-bond donors (Lipinski definition) is 1. The minimum absolute atomic E-state index is 0.276. The monoisotopic (exact) mass is 223 g/mol. The first kappa shape index (κ1) is 11.1.